The van der Waals surface area contributed by atoms with E-state index in [1.165, 1.54) is 19.2 Å². The predicted octanol–water partition coefficient (Wildman–Crippen LogP) is 7.68. The molecule has 0 heterocycles. The average molecular weight is 553 g/mol. The summed E-state index contributed by atoms with van der Waals surface area (Å²) in [4.78, 5) is 30.9. The third-order valence-electron chi connectivity index (χ3n) is 6.41. The summed E-state index contributed by atoms with van der Waals surface area (Å²) in [7, 11) is 1.32. The van der Waals surface area contributed by atoms with Crippen molar-refractivity contribution in [2.45, 2.75) is 52.6 Å². The Hall–Kier alpha value is -3.70. The predicted molar refractivity (Wildman–Crippen MR) is 155 cm³/mol. The number of benzene rings is 3. The molecule has 3 rings (SSSR count). The molecular formula is C31H34F2N2O3S. The summed E-state index contributed by atoms with van der Waals surface area (Å²) in [5, 5.41) is 0. The van der Waals surface area contributed by atoms with Crippen LogP contribution in [0.3, 0.4) is 0 Å². The van der Waals surface area contributed by atoms with Crippen LogP contribution in [0.5, 0.6) is 0 Å². The first kappa shape index (κ1) is 31.5. The van der Waals surface area contributed by atoms with Crippen LogP contribution in [0.1, 0.15) is 45.6 Å². The van der Waals surface area contributed by atoms with Crippen molar-refractivity contribution in [3.63, 3.8) is 0 Å². The molecule has 0 fully saturated rings. The zero-order chi connectivity index (χ0) is 27.8. The highest BCUT2D eigenvalue weighted by molar-refractivity contribution is 7.59. The molecule has 3 aromatic rings. The maximum Gasteiger partial charge on any atom is 0.328 e. The quantitative estimate of drug-likeness (QED) is 0.191. The van der Waals surface area contributed by atoms with Crippen molar-refractivity contribution < 1.29 is 23.1 Å². The Morgan fingerprint density at radius 2 is 1.56 bits per heavy atom. The smallest absolute Gasteiger partial charge is 0.328 e. The third-order valence-corrected chi connectivity index (χ3v) is 6.41. The Labute approximate surface area is 236 Å². The maximum atomic E-state index is 13.8. The monoisotopic (exact) mass is 552 g/mol. The molecule has 0 N–H and O–H groups in total. The molecule has 0 aliphatic heterocycles. The molecule has 0 unspecified atom stereocenters. The Morgan fingerprint density at radius 3 is 2.10 bits per heavy atom. The number of hydrogen-bond acceptors (Lipinski definition) is 3. The number of amides is 1. The van der Waals surface area contributed by atoms with Crippen LogP contribution in [0.15, 0.2) is 60.7 Å². The van der Waals surface area contributed by atoms with Gasteiger partial charge in [0.1, 0.15) is 17.7 Å². The second kappa shape index (κ2) is 14.5. The molecule has 0 spiro atoms. The Balaban J connectivity index is 0.00000533. The number of ether oxygens (including phenoxy) is 1. The standard InChI is InChI=1S/C31H32F2N2O3.H2S/c1-6-7-8-29(36)35(30(20(2)3)31(37)38-5)19-21-9-11-22(12-10-21)27-17-23(13-14-28(27)34-4)24-15-25(32)18-26(33)16-24;/h9-18,20,30H,6-8,19H2,1-3,5H3;1H2/t30-;/m0./s1. The lowest BCUT2D eigenvalue weighted by Crippen LogP contribution is -2.48. The molecule has 39 heavy (non-hydrogen) atoms. The van der Waals surface area contributed by atoms with Crippen LogP contribution in [0.25, 0.3) is 27.1 Å². The van der Waals surface area contributed by atoms with Crippen LogP contribution < -0.4 is 0 Å². The number of esters is 1. The Morgan fingerprint density at radius 1 is 0.949 bits per heavy atom. The first-order chi connectivity index (χ1) is 18.2. The van der Waals surface area contributed by atoms with E-state index in [1.807, 2.05) is 45.0 Å². The fourth-order valence-electron chi connectivity index (χ4n) is 4.44. The molecule has 0 saturated carbocycles. The number of carbonyl (C=O) groups is 2. The minimum atomic E-state index is -0.707. The van der Waals surface area contributed by atoms with Crippen molar-refractivity contribution in [3.8, 4) is 22.3 Å². The molecule has 0 aliphatic carbocycles. The van der Waals surface area contributed by atoms with Crippen LogP contribution in [-0.4, -0.2) is 29.9 Å². The van der Waals surface area contributed by atoms with Crippen molar-refractivity contribution in [2.75, 3.05) is 7.11 Å². The summed E-state index contributed by atoms with van der Waals surface area (Å²) in [6.07, 6.45) is 1.94. The molecule has 0 aromatic heterocycles. The fourth-order valence-corrected chi connectivity index (χ4v) is 4.44. The Bertz CT molecular complexity index is 1320. The molecule has 3 aromatic carbocycles. The van der Waals surface area contributed by atoms with Gasteiger partial charge in [-0.15, -0.1) is 0 Å². The highest BCUT2D eigenvalue weighted by Crippen LogP contribution is 2.35. The van der Waals surface area contributed by atoms with Gasteiger partial charge in [-0.25, -0.2) is 18.4 Å². The van der Waals surface area contributed by atoms with Gasteiger partial charge in [0, 0.05) is 19.0 Å². The largest absolute Gasteiger partial charge is 0.467 e. The van der Waals surface area contributed by atoms with E-state index in [9.17, 15) is 18.4 Å². The Kier molecular flexibility index (Phi) is 11.7. The number of hydrogen-bond donors (Lipinski definition) is 0. The van der Waals surface area contributed by atoms with E-state index in [4.69, 9.17) is 11.3 Å². The van der Waals surface area contributed by atoms with Gasteiger partial charge in [0.2, 0.25) is 5.91 Å². The van der Waals surface area contributed by atoms with Crippen molar-refractivity contribution in [2.24, 2.45) is 5.92 Å². The van der Waals surface area contributed by atoms with Gasteiger partial charge in [-0.3, -0.25) is 4.79 Å². The summed E-state index contributed by atoms with van der Waals surface area (Å²) >= 11 is 0. The highest BCUT2D eigenvalue weighted by atomic mass is 32.1. The van der Waals surface area contributed by atoms with Crippen LogP contribution in [0, 0.1) is 24.1 Å². The van der Waals surface area contributed by atoms with E-state index in [1.54, 1.807) is 23.1 Å². The maximum absolute atomic E-state index is 13.8. The molecule has 8 heteroatoms. The van der Waals surface area contributed by atoms with Gasteiger partial charge in [-0.05, 0) is 52.3 Å². The highest BCUT2D eigenvalue weighted by Gasteiger charge is 2.33. The lowest BCUT2D eigenvalue weighted by atomic mass is 9.96. The average Bonchev–Trinajstić information content (AvgIpc) is 2.90. The van der Waals surface area contributed by atoms with Gasteiger partial charge in [-0.2, -0.15) is 13.5 Å². The van der Waals surface area contributed by atoms with Gasteiger partial charge in [0.05, 0.1) is 13.7 Å². The second-order valence-electron chi connectivity index (χ2n) is 9.54. The molecule has 0 radical (unpaired) electrons. The van der Waals surface area contributed by atoms with Gasteiger partial charge in [-0.1, -0.05) is 69.7 Å². The third kappa shape index (κ3) is 7.90. The number of methoxy groups -OCH3 is 1. The van der Waals surface area contributed by atoms with Crippen LogP contribution in [0.4, 0.5) is 14.5 Å². The number of unbranched alkanes of at least 4 members (excludes halogenated alkanes) is 1. The van der Waals surface area contributed by atoms with E-state index in [-0.39, 0.29) is 31.9 Å². The van der Waals surface area contributed by atoms with Crippen LogP contribution >= 0.6 is 13.5 Å². The lowest BCUT2D eigenvalue weighted by molar-refractivity contribution is -0.155. The van der Waals surface area contributed by atoms with Crippen LogP contribution in [-0.2, 0) is 20.9 Å². The molecule has 206 valence electrons. The van der Waals surface area contributed by atoms with E-state index in [2.05, 4.69) is 4.85 Å². The topological polar surface area (TPSA) is 51.0 Å². The normalized spacial score (nSPS) is 11.3. The molecule has 5 nitrogen and oxygen atoms in total. The zero-order valence-electron chi connectivity index (χ0n) is 22.6. The lowest BCUT2D eigenvalue weighted by Gasteiger charge is -2.32. The first-order valence-corrected chi connectivity index (χ1v) is 12.6. The fraction of sp³-hybridized carbons (Fsp3) is 0.323. The molecule has 0 bridgehead atoms. The minimum absolute atomic E-state index is 0. The van der Waals surface area contributed by atoms with Crippen LogP contribution in [0.2, 0.25) is 0 Å². The molecule has 1 atom stereocenters. The molecule has 0 aliphatic rings. The number of nitrogens with zero attached hydrogens (tertiary/aromatic N) is 2. The SMILES string of the molecule is S.[C-]#[N+]c1ccc(-c2cc(F)cc(F)c2)cc1-c1ccc(CN(C(=O)CCCC)[C@H](C(=O)OC)C(C)C)cc1. The van der Waals surface area contributed by atoms with E-state index >= 15 is 0 Å². The van der Waals surface area contributed by atoms with Crippen molar-refractivity contribution in [1.82, 2.24) is 4.90 Å². The second-order valence-corrected chi connectivity index (χ2v) is 9.54. The van der Waals surface area contributed by atoms with E-state index < -0.39 is 23.6 Å². The summed E-state index contributed by atoms with van der Waals surface area (Å²) in [6.45, 7) is 13.6. The van der Waals surface area contributed by atoms with Gasteiger partial charge in [0.15, 0.2) is 5.69 Å². The summed E-state index contributed by atoms with van der Waals surface area (Å²) < 4.78 is 32.6. The summed E-state index contributed by atoms with van der Waals surface area (Å²) in [6, 6.07) is 15.0. The van der Waals surface area contributed by atoms with E-state index in [0.717, 1.165) is 30.0 Å². The van der Waals surface area contributed by atoms with Crippen molar-refractivity contribution in [1.29, 1.82) is 0 Å². The molecular weight excluding hydrogens is 518 g/mol. The van der Waals surface area contributed by atoms with Gasteiger partial charge < -0.3 is 9.64 Å². The van der Waals surface area contributed by atoms with E-state index in [0.29, 0.717) is 28.8 Å². The number of carbonyl (C=O) groups excluding carboxylic acids is 2. The molecule has 0 saturated heterocycles. The van der Waals surface area contributed by atoms with Crippen molar-refractivity contribution >= 4 is 31.1 Å². The first-order valence-electron chi connectivity index (χ1n) is 12.6. The molecule has 1 amide bonds. The summed E-state index contributed by atoms with van der Waals surface area (Å²) in [5.74, 6) is -2.04. The van der Waals surface area contributed by atoms with Crippen molar-refractivity contribution in [3.05, 3.63) is 89.3 Å². The van der Waals surface area contributed by atoms with Gasteiger partial charge in [0.25, 0.3) is 0 Å². The zero-order valence-corrected chi connectivity index (χ0v) is 23.6. The number of halogens is 2. The number of rotatable bonds is 10. The van der Waals surface area contributed by atoms with Gasteiger partial charge >= 0.3 is 5.97 Å². The minimum Gasteiger partial charge on any atom is -0.467 e. The summed E-state index contributed by atoms with van der Waals surface area (Å²) in [5.41, 5.74) is 3.55.